The lowest BCUT2D eigenvalue weighted by molar-refractivity contribution is 0.649. The van der Waals surface area contributed by atoms with Gasteiger partial charge in [-0.3, -0.25) is 10.1 Å². The van der Waals surface area contributed by atoms with Gasteiger partial charge in [-0.15, -0.1) is 0 Å². The number of pyridine rings is 1. The Labute approximate surface area is 101 Å². The van der Waals surface area contributed by atoms with Crippen molar-refractivity contribution in [1.29, 1.82) is 0 Å². The molecule has 2 rings (SSSR count). The maximum absolute atomic E-state index is 5.91. The summed E-state index contributed by atoms with van der Waals surface area (Å²) in [6.07, 6.45) is 2.74. The average Bonchev–Trinajstić information content (AvgIpc) is 2.60. The molecular formula is C13H18N4. The van der Waals surface area contributed by atoms with Crippen LogP contribution in [-0.4, -0.2) is 15.2 Å². The van der Waals surface area contributed by atoms with Crippen molar-refractivity contribution in [3.8, 4) is 11.3 Å². The number of nitrogens with zero attached hydrogens (tertiary/aromatic N) is 2. The highest BCUT2D eigenvalue weighted by Crippen LogP contribution is 2.27. The summed E-state index contributed by atoms with van der Waals surface area (Å²) in [5.74, 6) is 1.15. The first kappa shape index (κ1) is 11.6. The van der Waals surface area contributed by atoms with E-state index in [2.05, 4.69) is 29.0 Å². The monoisotopic (exact) mass is 230 g/mol. The molecule has 0 saturated carbocycles. The van der Waals surface area contributed by atoms with Crippen molar-refractivity contribution in [3.63, 3.8) is 0 Å². The summed E-state index contributed by atoms with van der Waals surface area (Å²) in [6, 6.07) is 4.01. The van der Waals surface area contributed by atoms with E-state index in [0.717, 1.165) is 28.9 Å². The third-order valence-electron chi connectivity index (χ3n) is 2.70. The van der Waals surface area contributed by atoms with Crippen LogP contribution >= 0.6 is 0 Å². The lowest BCUT2D eigenvalue weighted by atomic mass is 9.99. The highest BCUT2D eigenvalue weighted by Gasteiger charge is 2.13. The van der Waals surface area contributed by atoms with Crippen LogP contribution in [0.5, 0.6) is 0 Å². The zero-order valence-electron chi connectivity index (χ0n) is 10.5. The lowest BCUT2D eigenvalue weighted by Crippen LogP contribution is -1.99. The molecule has 4 nitrogen and oxygen atoms in total. The fourth-order valence-corrected chi connectivity index (χ4v) is 1.93. The predicted molar refractivity (Wildman–Crippen MR) is 69.5 cm³/mol. The van der Waals surface area contributed by atoms with Crippen LogP contribution in [0.2, 0.25) is 0 Å². The number of nitrogen functional groups attached to an aromatic ring is 1. The van der Waals surface area contributed by atoms with Gasteiger partial charge in [0.15, 0.2) is 0 Å². The van der Waals surface area contributed by atoms with Gasteiger partial charge in [-0.1, -0.05) is 13.8 Å². The molecule has 0 radical (unpaired) electrons. The first-order chi connectivity index (χ1) is 8.08. The van der Waals surface area contributed by atoms with Gasteiger partial charge >= 0.3 is 0 Å². The smallest absolute Gasteiger partial charge is 0.149 e. The largest absolute Gasteiger partial charge is 0.382 e. The van der Waals surface area contributed by atoms with E-state index in [1.54, 1.807) is 6.20 Å². The number of aromatic nitrogens is 3. The second-order valence-corrected chi connectivity index (χ2v) is 4.75. The van der Waals surface area contributed by atoms with E-state index >= 15 is 0 Å². The molecule has 4 heteroatoms. The number of H-pyrrole nitrogens is 1. The fraction of sp³-hybridized carbons (Fsp3) is 0.385. The molecule has 0 saturated heterocycles. The molecule has 0 fully saturated rings. The van der Waals surface area contributed by atoms with Crippen LogP contribution in [0.3, 0.4) is 0 Å². The molecule has 17 heavy (non-hydrogen) atoms. The molecule has 90 valence electrons. The molecule has 2 heterocycles. The van der Waals surface area contributed by atoms with Crippen LogP contribution < -0.4 is 5.73 Å². The van der Waals surface area contributed by atoms with Crippen LogP contribution in [-0.2, 0) is 6.42 Å². The Bertz CT molecular complexity index is 514. The molecule has 0 aliphatic rings. The Balaban J connectivity index is 2.45. The topological polar surface area (TPSA) is 67.6 Å². The van der Waals surface area contributed by atoms with Gasteiger partial charge in [0.05, 0.1) is 5.69 Å². The summed E-state index contributed by atoms with van der Waals surface area (Å²) in [5.41, 5.74) is 10.1. The molecule has 0 aliphatic heterocycles. The molecule has 0 atom stereocenters. The van der Waals surface area contributed by atoms with E-state index in [9.17, 15) is 0 Å². The SMILES string of the molecule is Cc1cc(-c2[nH]nc(N)c2CC(C)C)ccn1. The molecule has 0 aromatic carbocycles. The van der Waals surface area contributed by atoms with Gasteiger partial charge in [0.1, 0.15) is 5.82 Å². The number of nitrogens with one attached hydrogen (secondary N) is 1. The number of rotatable bonds is 3. The van der Waals surface area contributed by atoms with Crippen molar-refractivity contribution >= 4 is 5.82 Å². The highest BCUT2D eigenvalue weighted by atomic mass is 15.2. The minimum absolute atomic E-state index is 0.552. The van der Waals surface area contributed by atoms with Crippen LogP contribution in [0.4, 0.5) is 5.82 Å². The van der Waals surface area contributed by atoms with Gasteiger partial charge in [0.25, 0.3) is 0 Å². The molecule has 2 aromatic heterocycles. The summed E-state index contributed by atoms with van der Waals surface area (Å²) in [7, 11) is 0. The summed E-state index contributed by atoms with van der Waals surface area (Å²) < 4.78 is 0. The van der Waals surface area contributed by atoms with E-state index in [0.29, 0.717) is 11.7 Å². The molecule has 0 unspecified atom stereocenters. The number of hydrogen-bond acceptors (Lipinski definition) is 3. The third kappa shape index (κ3) is 2.46. The zero-order valence-corrected chi connectivity index (χ0v) is 10.5. The Hall–Kier alpha value is -1.84. The van der Waals surface area contributed by atoms with Crippen LogP contribution in [0.15, 0.2) is 18.3 Å². The molecule has 0 spiro atoms. The lowest BCUT2D eigenvalue weighted by Gasteiger charge is -2.07. The standard InChI is InChI=1S/C13H18N4/c1-8(2)6-11-12(16-17-13(11)14)10-4-5-15-9(3)7-10/h4-5,7-8H,6H2,1-3H3,(H3,14,16,17). The van der Waals surface area contributed by atoms with E-state index < -0.39 is 0 Å². The zero-order chi connectivity index (χ0) is 12.4. The average molecular weight is 230 g/mol. The van der Waals surface area contributed by atoms with Gasteiger partial charge in [-0.2, -0.15) is 5.10 Å². The van der Waals surface area contributed by atoms with Crippen molar-refractivity contribution in [2.75, 3.05) is 5.73 Å². The van der Waals surface area contributed by atoms with Gasteiger partial charge in [0, 0.05) is 23.0 Å². The molecule has 2 aromatic rings. The van der Waals surface area contributed by atoms with Gasteiger partial charge < -0.3 is 5.73 Å². The van der Waals surface area contributed by atoms with Crippen molar-refractivity contribution in [1.82, 2.24) is 15.2 Å². The summed E-state index contributed by atoms with van der Waals surface area (Å²) >= 11 is 0. The van der Waals surface area contributed by atoms with E-state index in [-0.39, 0.29) is 0 Å². The number of hydrogen-bond donors (Lipinski definition) is 2. The van der Waals surface area contributed by atoms with Gasteiger partial charge in [-0.25, -0.2) is 0 Å². The van der Waals surface area contributed by atoms with E-state index in [1.807, 2.05) is 19.1 Å². The first-order valence-corrected chi connectivity index (χ1v) is 5.83. The van der Waals surface area contributed by atoms with Crippen LogP contribution in [0, 0.1) is 12.8 Å². The Morgan fingerprint density at radius 2 is 2.18 bits per heavy atom. The fourth-order valence-electron chi connectivity index (χ4n) is 1.93. The van der Waals surface area contributed by atoms with Gasteiger partial charge in [0.2, 0.25) is 0 Å². The van der Waals surface area contributed by atoms with Crippen molar-refractivity contribution < 1.29 is 0 Å². The number of aromatic amines is 1. The second kappa shape index (κ2) is 4.57. The molecule has 0 aliphatic carbocycles. The maximum Gasteiger partial charge on any atom is 0.149 e. The normalized spacial score (nSPS) is 11.1. The summed E-state index contributed by atoms with van der Waals surface area (Å²) in [5, 5.41) is 7.13. The third-order valence-corrected chi connectivity index (χ3v) is 2.70. The van der Waals surface area contributed by atoms with Gasteiger partial charge in [-0.05, 0) is 31.4 Å². The van der Waals surface area contributed by atoms with Crippen molar-refractivity contribution in [2.45, 2.75) is 27.2 Å². The second-order valence-electron chi connectivity index (χ2n) is 4.75. The Kier molecular flexibility index (Phi) is 3.13. The molecule has 0 amide bonds. The van der Waals surface area contributed by atoms with Crippen LogP contribution in [0.1, 0.15) is 25.1 Å². The summed E-state index contributed by atoms with van der Waals surface area (Å²) in [6.45, 7) is 6.33. The van der Waals surface area contributed by atoms with Crippen molar-refractivity contribution in [2.24, 2.45) is 5.92 Å². The molecule has 3 N–H and O–H groups in total. The Morgan fingerprint density at radius 3 is 2.82 bits per heavy atom. The number of anilines is 1. The predicted octanol–water partition coefficient (Wildman–Crippen LogP) is 2.56. The van der Waals surface area contributed by atoms with E-state index in [1.165, 1.54) is 0 Å². The minimum atomic E-state index is 0.552. The van der Waals surface area contributed by atoms with Crippen molar-refractivity contribution in [3.05, 3.63) is 29.6 Å². The minimum Gasteiger partial charge on any atom is -0.382 e. The van der Waals surface area contributed by atoms with E-state index in [4.69, 9.17) is 5.73 Å². The highest BCUT2D eigenvalue weighted by molar-refractivity contribution is 5.68. The molecule has 0 bridgehead atoms. The maximum atomic E-state index is 5.91. The molecular weight excluding hydrogens is 212 g/mol. The quantitative estimate of drug-likeness (QED) is 0.851. The first-order valence-electron chi connectivity index (χ1n) is 5.83. The van der Waals surface area contributed by atoms with Crippen LogP contribution in [0.25, 0.3) is 11.3 Å². The Morgan fingerprint density at radius 1 is 1.41 bits per heavy atom. The summed E-state index contributed by atoms with van der Waals surface area (Å²) in [4.78, 5) is 4.20. The number of nitrogens with two attached hydrogens (primary N) is 1. The number of aryl methyl sites for hydroxylation is 1.